The molecule has 1 aromatic heterocycles. The molecule has 0 aliphatic heterocycles. The largest absolute Gasteiger partial charge is 0.453 e. The van der Waals surface area contributed by atoms with Gasteiger partial charge in [-0.1, -0.05) is 30.3 Å². The van der Waals surface area contributed by atoms with E-state index in [1.54, 1.807) is 55.4 Å². The van der Waals surface area contributed by atoms with Crippen molar-refractivity contribution in [2.24, 2.45) is 5.73 Å². The molecule has 0 spiro atoms. The maximum Gasteiger partial charge on any atom is 0.411 e. The van der Waals surface area contributed by atoms with Crippen LogP contribution < -0.4 is 25.4 Å². The summed E-state index contributed by atoms with van der Waals surface area (Å²) in [5, 5.41) is 2.51. The van der Waals surface area contributed by atoms with E-state index in [-0.39, 0.29) is 22.7 Å². The van der Waals surface area contributed by atoms with E-state index >= 15 is 8.78 Å². The van der Waals surface area contributed by atoms with Crippen molar-refractivity contribution in [3.05, 3.63) is 89.5 Å². The lowest BCUT2D eigenvalue weighted by molar-refractivity contribution is 0.187. The van der Waals surface area contributed by atoms with Crippen LogP contribution in [0.5, 0.6) is 23.3 Å². The third-order valence-electron chi connectivity index (χ3n) is 5.89. The Morgan fingerprint density at radius 3 is 2.28 bits per heavy atom. The van der Waals surface area contributed by atoms with E-state index in [2.05, 4.69) is 15.0 Å². The van der Waals surface area contributed by atoms with E-state index in [0.717, 1.165) is 16.7 Å². The van der Waals surface area contributed by atoms with Crippen LogP contribution in [0.3, 0.4) is 0 Å². The van der Waals surface area contributed by atoms with Crippen molar-refractivity contribution in [3.8, 4) is 34.4 Å². The molecular weight excluding hydrogens is 506 g/mol. The number of carbonyl (C=O) groups is 1. The maximum atomic E-state index is 15.1. The molecule has 0 unspecified atom stereocenters. The van der Waals surface area contributed by atoms with Gasteiger partial charge in [0.1, 0.15) is 5.75 Å². The van der Waals surface area contributed by atoms with Gasteiger partial charge in [0, 0.05) is 38.0 Å². The van der Waals surface area contributed by atoms with Crippen molar-refractivity contribution >= 4 is 17.5 Å². The second-order valence-corrected chi connectivity index (χ2v) is 8.80. The zero-order valence-electron chi connectivity index (χ0n) is 21.9. The molecule has 3 N–H and O–H groups in total. The summed E-state index contributed by atoms with van der Waals surface area (Å²) in [4.78, 5) is 17.6. The molecule has 4 aromatic rings. The monoisotopic (exact) mass is 534 g/mol. The van der Waals surface area contributed by atoms with Crippen molar-refractivity contribution < 1.29 is 27.8 Å². The summed E-state index contributed by atoms with van der Waals surface area (Å²) < 4.78 is 46.4. The van der Waals surface area contributed by atoms with Crippen LogP contribution in [0.4, 0.5) is 25.0 Å². The van der Waals surface area contributed by atoms with Crippen LogP contribution in [0.15, 0.2) is 66.7 Å². The van der Waals surface area contributed by atoms with Gasteiger partial charge in [-0.25, -0.2) is 13.6 Å². The Balaban J connectivity index is 1.70. The molecule has 0 aliphatic rings. The van der Waals surface area contributed by atoms with Gasteiger partial charge in [-0.3, -0.25) is 5.32 Å². The molecule has 0 saturated carbocycles. The molecule has 8 nitrogen and oxygen atoms in total. The number of halogens is 2. The summed E-state index contributed by atoms with van der Waals surface area (Å²) in [6.45, 7) is 1.65. The normalized spacial score (nSPS) is 10.6. The summed E-state index contributed by atoms with van der Waals surface area (Å²) in [5.74, 6) is -2.62. The third kappa shape index (κ3) is 6.24. The van der Waals surface area contributed by atoms with Gasteiger partial charge >= 0.3 is 6.09 Å². The number of rotatable bonds is 8. The van der Waals surface area contributed by atoms with E-state index in [9.17, 15) is 4.79 Å². The second kappa shape index (κ2) is 11.8. The van der Waals surface area contributed by atoms with Crippen molar-refractivity contribution in [2.75, 3.05) is 31.4 Å². The summed E-state index contributed by atoms with van der Waals surface area (Å²) in [6, 6.07) is 19.5. The maximum absolute atomic E-state index is 15.1. The minimum atomic E-state index is -1.01. The van der Waals surface area contributed by atoms with Gasteiger partial charge in [-0.2, -0.15) is 4.98 Å². The number of nitrogens with zero attached hydrogens (tertiary/aromatic N) is 2. The number of aromatic nitrogens is 1. The average Bonchev–Trinajstić information content (AvgIpc) is 2.95. The quantitative estimate of drug-likeness (QED) is 0.262. The number of benzene rings is 3. The molecule has 10 heteroatoms. The highest BCUT2D eigenvalue weighted by molar-refractivity contribution is 5.87. The van der Waals surface area contributed by atoms with Crippen LogP contribution in [0.1, 0.15) is 11.1 Å². The summed E-state index contributed by atoms with van der Waals surface area (Å²) >= 11 is 0. The van der Waals surface area contributed by atoms with E-state index < -0.39 is 29.5 Å². The molecule has 0 atom stereocenters. The SMILES string of the molecule is COC(=O)Nc1ccc(N(C)C)cc1Oc1nc(Oc2cccc(-c3cccc(CN)c3)c2)c(F)c(C)c1F. The fraction of sp³-hybridized carbons (Fsp3) is 0.172. The Hall–Kier alpha value is -4.70. The lowest BCUT2D eigenvalue weighted by Gasteiger charge is -2.18. The standard InChI is InChI=1S/C29H28F2N4O4/c1-17-25(30)27(38-22-10-6-9-20(14-22)19-8-5-7-18(13-19)16-32)34-28(26(17)31)39-24-15-21(35(2)3)11-12-23(24)33-29(36)37-4/h5-15H,16,32H2,1-4H3,(H,33,36). The average molecular weight is 535 g/mol. The summed E-state index contributed by atoms with van der Waals surface area (Å²) in [5.41, 5.74) is 9.00. The van der Waals surface area contributed by atoms with E-state index in [4.69, 9.17) is 15.2 Å². The molecule has 39 heavy (non-hydrogen) atoms. The van der Waals surface area contributed by atoms with Crippen molar-refractivity contribution in [2.45, 2.75) is 13.5 Å². The lowest BCUT2D eigenvalue weighted by Crippen LogP contribution is -2.13. The third-order valence-corrected chi connectivity index (χ3v) is 5.89. The Morgan fingerprint density at radius 1 is 0.949 bits per heavy atom. The molecule has 0 bridgehead atoms. The highest BCUT2D eigenvalue weighted by Gasteiger charge is 2.22. The number of pyridine rings is 1. The number of anilines is 2. The first kappa shape index (κ1) is 27.3. The molecule has 4 rings (SSSR count). The number of methoxy groups -OCH3 is 1. The topological polar surface area (TPSA) is 98.9 Å². The Morgan fingerprint density at radius 2 is 1.62 bits per heavy atom. The fourth-order valence-electron chi connectivity index (χ4n) is 3.71. The number of hydrogen-bond acceptors (Lipinski definition) is 7. The molecule has 0 fully saturated rings. The smallest absolute Gasteiger partial charge is 0.411 e. The van der Waals surface area contributed by atoms with Crippen LogP contribution in [-0.4, -0.2) is 32.3 Å². The Bertz CT molecular complexity index is 1510. The predicted molar refractivity (Wildman–Crippen MR) is 146 cm³/mol. The van der Waals surface area contributed by atoms with Crippen LogP contribution >= 0.6 is 0 Å². The molecule has 0 aliphatic carbocycles. The van der Waals surface area contributed by atoms with Crippen LogP contribution in [0.25, 0.3) is 11.1 Å². The number of hydrogen-bond donors (Lipinski definition) is 2. The zero-order valence-corrected chi connectivity index (χ0v) is 21.9. The molecule has 3 aromatic carbocycles. The van der Waals surface area contributed by atoms with Gasteiger partial charge < -0.3 is 24.8 Å². The first-order valence-electron chi connectivity index (χ1n) is 12.0. The second-order valence-electron chi connectivity index (χ2n) is 8.80. The number of ether oxygens (including phenoxy) is 3. The van der Waals surface area contributed by atoms with Gasteiger partial charge in [-0.15, -0.1) is 0 Å². The number of amides is 1. The number of nitrogens with two attached hydrogens (primary N) is 1. The van der Waals surface area contributed by atoms with E-state index in [0.29, 0.717) is 12.2 Å². The highest BCUT2D eigenvalue weighted by Crippen LogP contribution is 2.37. The predicted octanol–water partition coefficient (Wildman–Crippen LogP) is 6.62. The molecule has 202 valence electrons. The first-order valence-corrected chi connectivity index (χ1v) is 12.0. The molecular formula is C29H28F2N4O4. The lowest BCUT2D eigenvalue weighted by atomic mass is 10.0. The molecule has 1 amide bonds. The Labute approximate surface area is 224 Å². The molecule has 0 radical (unpaired) electrons. The molecule has 0 saturated heterocycles. The minimum absolute atomic E-state index is 0.0664. The van der Waals surface area contributed by atoms with Crippen LogP contribution in [0, 0.1) is 18.6 Å². The summed E-state index contributed by atoms with van der Waals surface area (Å²) in [7, 11) is 4.82. The van der Waals surface area contributed by atoms with E-state index in [1.165, 1.54) is 14.0 Å². The van der Waals surface area contributed by atoms with E-state index in [1.807, 2.05) is 30.3 Å². The van der Waals surface area contributed by atoms with Gasteiger partial charge in [0.15, 0.2) is 17.4 Å². The van der Waals surface area contributed by atoms with Crippen molar-refractivity contribution in [1.29, 1.82) is 0 Å². The highest BCUT2D eigenvalue weighted by atomic mass is 19.1. The molecule has 1 heterocycles. The van der Waals surface area contributed by atoms with Crippen LogP contribution in [0.2, 0.25) is 0 Å². The van der Waals surface area contributed by atoms with Crippen LogP contribution in [-0.2, 0) is 11.3 Å². The van der Waals surface area contributed by atoms with Gasteiger partial charge in [0.25, 0.3) is 11.8 Å². The number of carbonyl (C=O) groups excluding carboxylic acids is 1. The van der Waals surface area contributed by atoms with Gasteiger partial charge in [0.05, 0.1) is 12.8 Å². The number of nitrogens with one attached hydrogen (secondary N) is 1. The van der Waals surface area contributed by atoms with Gasteiger partial charge in [0.2, 0.25) is 0 Å². The fourth-order valence-corrected chi connectivity index (χ4v) is 3.71. The van der Waals surface area contributed by atoms with Crippen molar-refractivity contribution in [1.82, 2.24) is 4.98 Å². The van der Waals surface area contributed by atoms with Crippen molar-refractivity contribution in [3.63, 3.8) is 0 Å². The first-order chi connectivity index (χ1) is 18.7. The minimum Gasteiger partial charge on any atom is -0.453 e. The van der Waals surface area contributed by atoms with Gasteiger partial charge in [-0.05, 0) is 53.9 Å². The Kier molecular flexibility index (Phi) is 8.26. The summed E-state index contributed by atoms with van der Waals surface area (Å²) in [6.07, 6.45) is -0.748. The zero-order chi connectivity index (χ0) is 28.1.